The number of nitrogens with zero attached hydrogens (tertiary/aromatic N) is 1. The van der Waals surface area contributed by atoms with Gasteiger partial charge in [0.1, 0.15) is 6.10 Å². The molecule has 7 aliphatic rings. The van der Waals surface area contributed by atoms with E-state index in [1.807, 2.05) is 0 Å². The molecule has 6 saturated carbocycles. The first kappa shape index (κ1) is 39.1. The number of carboxylic acid groups (broad SMARTS) is 1. The molecule has 1 aliphatic heterocycles. The lowest BCUT2D eigenvalue weighted by Gasteiger charge is -2.72. The highest BCUT2D eigenvalue weighted by molar-refractivity contribution is 5.86. The van der Waals surface area contributed by atoms with Gasteiger partial charge in [-0.25, -0.2) is 0 Å². The van der Waals surface area contributed by atoms with Gasteiger partial charge in [-0.1, -0.05) is 54.9 Å². The first-order chi connectivity index (χ1) is 24.6. The summed E-state index contributed by atoms with van der Waals surface area (Å²) in [4.78, 5) is 55.1. The molecular weight excluding hydrogens is 665 g/mol. The van der Waals surface area contributed by atoms with Crippen LogP contribution in [-0.4, -0.2) is 59.0 Å². The second kappa shape index (κ2) is 13.0. The Morgan fingerprint density at radius 2 is 1.43 bits per heavy atom. The molecule has 2 N–H and O–H groups in total. The van der Waals surface area contributed by atoms with Gasteiger partial charge in [0, 0.05) is 30.5 Å². The molecule has 53 heavy (non-hydrogen) atoms. The molecule has 1 saturated heterocycles. The molecule has 6 aliphatic carbocycles. The third kappa shape index (κ3) is 5.76. The smallest absolute Gasteiger partial charge is 0.309 e. The first-order valence-corrected chi connectivity index (χ1v) is 21.7. The van der Waals surface area contributed by atoms with E-state index in [1.165, 1.54) is 19.3 Å². The van der Waals surface area contributed by atoms with Gasteiger partial charge in [-0.3, -0.25) is 19.2 Å². The van der Waals surface area contributed by atoms with E-state index in [9.17, 15) is 24.3 Å². The molecule has 0 spiro atoms. The van der Waals surface area contributed by atoms with Crippen LogP contribution >= 0.6 is 0 Å². The number of piperidine rings is 1. The number of fused-ring (bicyclic) bond motifs is 7. The number of rotatable bonds is 7. The minimum absolute atomic E-state index is 0.000296. The average Bonchev–Trinajstić information content (AvgIpc) is 3.53. The maximum atomic E-state index is 14.7. The summed E-state index contributed by atoms with van der Waals surface area (Å²) in [7, 11) is 0. The molecule has 0 aromatic carbocycles. The minimum atomic E-state index is -1.15. The number of nitrogens with one attached hydrogen (secondary N) is 1. The summed E-state index contributed by atoms with van der Waals surface area (Å²) in [6.45, 7) is 21.7. The molecule has 7 fully saturated rings. The number of esters is 1. The highest BCUT2D eigenvalue weighted by Crippen LogP contribution is 2.77. The minimum Gasteiger partial charge on any atom is -0.481 e. The molecule has 2 amide bonds. The number of amides is 2. The van der Waals surface area contributed by atoms with Gasteiger partial charge in [-0.05, 0) is 149 Å². The zero-order chi connectivity index (χ0) is 38.6. The number of aliphatic carboxylic acids is 1. The fraction of sp³-hybridized carbons (Fsp3) is 0.911. The summed E-state index contributed by atoms with van der Waals surface area (Å²) in [5, 5.41) is 13.2. The quantitative estimate of drug-likeness (QED) is 0.253. The Bertz CT molecular complexity index is 1500. The molecule has 1 heterocycles. The standard InChI is InChI=1S/C45H72N2O6/c1-39(2,38(51)52)27-35(48)53-34-18-20-42(7)31(41(34,5)6)17-21-44(9)32(42)16-15-28-29-14-13-19-45(29,23-22-43(28,44)8)37(50)46-33-26-30(40(33,3)4)36(49)47-24-11-10-12-25-47/h28-34H,10-27H2,1-9H3,(H,46,50)(H,51,52)/t28?,29?,30-,31?,32?,33-,34+,42+,43-,44-,45+/m1/s1. The van der Waals surface area contributed by atoms with Gasteiger partial charge in [0.2, 0.25) is 11.8 Å². The SMILES string of the molecule is CC(C)(CC(=O)O[C@H]1CC[C@@]2(C)C(CC[C@]3(C)C2CCC2C4CCC[C@]4(C(=O)N[C@@H]4C[C@H](C(=O)N5CCCCC5)C4(C)C)CC[C@]23C)C1(C)C)C(=O)O. The van der Waals surface area contributed by atoms with Gasteiger partial charge in [-0.2, -0.15) is 0 Å². The predicted molar refractivity (Wildman–Crippen MR) is 205 cm³/mol. The highest BCUT2D eigenvalue weighted by Gasteiger charge is 2.71. The number of carbonyl (C=O) groups excluding carboxylic acids is 3. The topological polar surface area (TPSA) is 113 Å². The van der Waals surface area contributed by atoms with E-state index in [0.29, 0.717) is 29.6 Å². The van der Waals surface area contributed by atoms with E-state index in [0.717, 1.165) is 90.1 Å². The summed E-state index contributed by atoms with van der Waals surface area (Å²) in [5.41, 5.74) is -1.38. The van der Waals surface area contributed by atoms with E-state index in [2.05, 4.69) is 58.7 Å². The van der Waals surface area contributed by atoms with Crippen molar-refractivity contribution in [2.24, 2.45) is 67.5 Å². The van der Waals surface area contributed by atoms with Crippen LogP contribution in [0.25, 0.3) is 0 Å². The molecule has 0 bridgehead atoms. The van der Waals surface area contributed by atoms with E-state index in [1.54, 1.807) is 13.8 Å². The van der Waals surface area contributed by atoms with Crippen molar-refractivity contribution in [1.82, 2.24) is 10.2 Å². The number of carboxylic acids is 1. The Kier molecular flexibility index (Phi) is 9.57. The van der Waals surface area contributed by atoms with Crippen LogP contribution in [0, 0.1) is 67.5 Å². The summed E-state index contributed by atoms with van der Waals surface area (Å²) in [6, 6.07) is 0.0579. The lowest BCUT2D eigenvalue weighted by atomic mass is 9.32. The van der Waals surface area contributed by atoms with Crippen LogP contribution < -0.4 is 5.32 Å². The Labute approximate surface area is 320 Å². The maximum absolute atomic E-state index is 14.7. The molecule has 0 radical (unpaired) electrons. The molecule has 8 nitrogen and oxygen atoms in total. The second-order valence-corrected chi connectivity index (χ2v) is 22.0. The number of likely N-dealkylation sites (tertiary alicyclic amines) is 1. The second-order valence-electron chi connectivity index (χ2n) is 22.0. The fourth-order valence-corrected chi connectivity index (χ4v) is 15.0. The van der Waals surface area contributed by atoms with Crippen LogP contribution in [0.5, 0.6) is 0 Å². The van der Waals surface area contributed by atoms with Crippen LogP contribution in [0.2, 0.25) is 0 Å². The van der Waals surface area contributed by atoms with Crippen molar-refractivity contribution in [1.29, 1.82) is 0 Å². The molecule has 8 heteroatoms. The summed E-state index contributed by atoms with van der Waals surface area (Å²) in [6.07, 6.45) is 15.7. The fourth-order valence-electron chi connectivity index (χ4n) is 15.0. The van der Waals surface area contributed by atoms with Crippen LogP contribution in [0.4, 0.5) is 0 Å². The largest absolute Gasteiger partial charge is 0.481 e. The molecule has 7 rings (SSSR count). The number of hydrogen-bond donors (Lipinski definition) is 2. The van der Waals surface area contributed by atoms with Crippen molar-refractivity contribution < 1.29 is 29.0 Å². The van der Waals surface area contributed by atoms with Gasteiger partial charge < -0.3 is 20.1 Å². The molecule has 0 aromatic heterocycles. The van der Waals surface area contributed by atoms with Crippen molar-refractivity contribution in [3.8, 4) is 0 Å². The Hall–Kier alpha value is -2.12. The van der Waals surface area contributed by atoms with Gasteiger partial charge in [-0.15, -0.1) is 0 Å². The van der Waals surface area contributed by atoms with Crippen molar-refractivity contribution >= 4 is 23.8 Å². The average molecular weight is 737 g/mol. The molecule has 0 aromatic rings. The summed E-state index contributed by atoms with van der Waals surface area (Å²) in [5.74, 6) is 1.16. The highest BCUT2D eigenvalue weighted by atomic mass is 16.5. The van der Waals surface area contributed by atoms with Crippen molar-refractivity contribution in [3.63, 3.8) is 0 Å². The molecule has 11 atom stereocenters. The van der Waals surface area contributed by atoms with Crippen LogP contribution in [0.1, 0.15) is 165 Å². The van der Waals surface area contributed by atoms with Crippen LogP contribution in [0.15, 0.2) is 0 Å². The first-order valence-electron chi connectivity index (χ1n) is 21.7. The third-order valence-corrected chi connectivity index (χ3v) is 18.7. The number of hydrogen-bond acceptors (Lipinski definition) is 5. The maximum Gasteiger partial charge on any atom is 0.309 e. The number of ether oxygens (including phenoxy) is 1. The van der Waals surface area contributed by atoms with Crippen LogP contribution in [0.3, 0.4) is 0 Å². The zero-order valence-corrected chi connectivity index (χ0v) is 34.7. The van der Waals surface area contributed by atoms with Gasteiger partial charge in [0.15, 0.2) is 0 Å². The van der Waals surface area contributed by atoms with E-state index >= 15 is 0 Å². The van der Waals surface area contributed by atoms with Crippen molar-refractivity contribution in [2.45, 2.75) is 177 Å². The monoisotopic (exact) mass is 737 g/mol. The van der Waals surface area contributed by atoms with E-state index in [4.69, 9.17) is 4.74 Å². The third-order valence-electron chi connectivity index (χ3n) is 18.7. The van der Waals surface area contributed by atoms with Crippen LogP contribution in [-0.2, 0) is 23.9 Å². The Balaban J connectivity index is 1.05. The molecule has 298 valence electrons. The summed E-state index contributed by atoms with van der Waals surface area (Å²) >= 11 is 0. The van der Waals surface area contributed by atoms with Gasteiger partial charge in [0.05, 0.1) is 17.3 Å². The predicted octanol–water partition coefficient (Wildman–Crippen LogP) is 8.80. The molecule has 4 unspecified atom stereocenters. The van der Waals surface area contributed by atoms with Gasteiger partial charge in [0.25, 0.3) is 0 Å². The Morgan fingerprint density at radius 1 is 0.736 bits per heavy atom. The Morgan fingerprint density at radius 3 is 2.09 bits per heavy atom. The summed E-state index contributed by atoms with van der Waals surface area (Å²) < 4.78 is 6.17. The lowest BCUT2D eigenvalue weighted by molar-refractivity contribution is -0.247. The van der Waals surface area contributed by atoms with Crippen molar-refractivity contribution in [2.75, 3.05) is 13.1 Å². The zero-order valence-electron chi connectivity index (χ0n) is 34.7. The number of carbonyl (C=O) groups is 4. The molecular formula is C45H72N2O6. The van der Waals surface area contributed by atoms with E-state index < -0.39 is 17.4 Å². The lowest BCUT2D eigenvalue weighted by Crippen LogP contribution is -2.68. The normalized spacial score (nSPS) is 44.2. The van der Waals surface area contributed by atoms with Gasteiger partial charge >= 0.3 is 11.9 Å². The van der Waals surface area contributed by atoms with E-state index in [-0.39, 0.29) is 62.9 Å². The van der Waals surface area contributed by atoms with Crippen molar-refractivity contribution in [3.05, 3.63) is 0 Å².